The van der Waals surface area contributed by atoms with Crippen LogP contribution in [0.3, 0.4) is 0 Å². The number of rotatable bonds is 3. The van der Waals surface area contributed by atoms with Gasteiger partial charge in [0.1, 0.15) is 5.49 Å². The van der Waals surface area contributed by atoms with Crippen molar-refractivity contribution in [3.05, 3.63) is 64.8 Å². The molecule has 0 saturated heterocycles. The number of nitrogens with zero attached hydrogens (tertiary/aromatic N) is 2. The van der Waals surface area contributed by atoms with Crippen molar-refractivity contribution in [3.63, 3.8) is 0 Å². The third kappa shape index (κ3) is 3.79. The van der Waals surface area contributed by atoms with Crippen LogP contribution in [0.5, 0.6) is 0 Å². The summed E-state index contributed by atoms with van der Waals surface area (Å²) in [5.41, 5.74) is 4.70. The van der Waals surface area contributed by atoms with Crippen molar-refractivity contribution in [1.82, 2.24) is 4.57 Å². The summed E-state index contributed by atoms with van der Waals surface area (Å²) in [5.74, 6) is 0.0701. The van der Waals surface area contributed by atoms with Gasteiger partial charge in [-0.3, -0.25) is 14.4 Å². The summed E-state index contributed by atoms with van der Waals surface area (Å²) in [6, 6.07) is 12.4. The van der Waals surface area contributed by atoms with E-state index in [4.69, 9.17) is 0 Å². The van der Waals surface area contributed by atoms with Gasteiger partial charge in [0.05, 0.1) is 6.42 Å². The van der Waals surface area contributed by atoms with Crippen LogP contribution in [0.1, 0.15) is 48.2 Å². The Hall–Kier alpha value is -2.16. The van der Waals surface area contributed by atoms with Gasteiger partial charge in [-0.05, 0) is 68.4 Å². The van der Waals surface area contributed by atoms with Gasteiger partial charge in [-0.15, -0.1) is 0 Å². The number of fused-ring (bicyclic) bond motifs is 1. The highest BCUT2D eigenvalue weighted by Crippen LogP contribution is 2.22. The van der Waals surface area contributed by atoms with Crippen molar-refractivity contribution in [2.24, 2.45) is 4.99 Å². The third-order valence-corrected chi connectivity index (χ3v) is 4.27. The minimum absolute atomic E-state index is 0.0701. The maximum atomic E-state index is 12.7. The van der Waals surface area contributed by atoms with Crippen molar-refractivity contribution in [2.75, 3.05) is 0 Å². The van der Waals surface area contributed by atoms with Gasteiger partial charge >= 0.3 is 0 Å². The molecule has 23 heavy (non-hydrogen) atoms. The summed E-state index contributed by atoms with van der Waals surface area (Å²) in [6.45, 7) is 4.04. The Morgan fingerprint density at radius 3 is 2.70 bits per heavy atom. The lowest BCUT2D eigenvalue weighted by Gasteiger charge is -2.16. The van der Waals surface area contributed by atoms with Crippen LogP contribution in [-0.2, 0) is 19.3 Å². The number of hydrogen-bond donors (Lipinski definition) is 0. The Bertz CT molecular complexity index is 771. The molecule has 0 aliphatic heterocycles. The van der Waals surface area contributed by atoms with Crippen molar-refractivity contribution in [3.8, 4) is 0 Å². The summed E-state index contributed by atoms with van der Waals surface area (Å²) < 4.78 is 1.67. The Labute approximate surface area is 137 Å². The number of hydrogen-bond acceptors (Lipinski definition) is 2. The van der Waals surface area contributed by atoms with Gasteiger partial charge in [-0.1, -0.05) is 24.3 Å². The van der Waals surface area contributed by atoms with E-state index in [1.165, 1.54) is 30.4 Å². The van der Waals surface area contributed by atoms with Gasteiger partial charge in [-0.2, -0.15) is 0 Å². The van der Waals surface area contributed by atoms with Gasteiger partial charge < -0.3 is 0 Å². The molecule has 0 fully saturated rings. The zero-order valence-electron chi connectivity index (χ0n) is 14.0. The van der Waals surface area contributed by atoms with Crippen LogP contribution in [0, 0.1) is 0 Å². The number of pyridine rings is 1. The maximum absolute atomic E-state index is 12.7. The highest BCUT2D eigenvalue weighted by Gasteiger charge is 2.12. The number of carbonyl (C=O) groups excluding carboxylic acids is 1. The summed E-state index contributed by atoms with van der Waals surface area (Å²) in [6.07, 6.45) is 7.09. The van der Waals surface area contributed by atoms with Crippen molar-refractivity contribution in [2.45, 2.75) is 52.0 Å². The molecule has 0 amide bonds. The van der Waals surface area contributed by atoms with Gasteiger partial charge in [0.15, 0.2) is 0 Å². The second-order valence-electron chi connectivity index (χ2n) is 6.53. The lowest BCUT2D eigenvalue weighted by molar-refractivity contribution is 0.0908. The minimum atomic E-state index is 0.0701. The van der Waals surface area contributed by atoms with E-state index < -0.39 is 0 Å². The van der Waals surface area contributed by atoms with Crippen LogP contribution in [0.15, 0.2) is 47.6 Å². The average molecular weight is 308 g/mol. The molecule has 1 aliphatic carbocycles. The first-order valence-corrected chi connectivity index (χ1v) is 8.49. The zero-order valence-corrected chi connectivity index (χ0v) is 14.0. The van der Waals surface area contributed by atoms with E-state index in [-0.39, 0.29) is 11.9 Å². The predicted octanol–water partition coefficient (Wildman–Crippen LogP) is 3.56. The average Bonchev–Trinajstić information content (AvgIpc) is 2.54. The highest BCUT2D eigenvalue weighted by atomic mass is 16.2. The number of benzene rings is 1. The standard InChI is InChI=1S/C20H24N2O/c1-15(2)21-19-9-5-6-12-22(19)20(23)14-16-10-11-17-7-3-4-8-18(17)13-16/h5-6,9-13,15H,3-4,7-8,14H2,1-2H3. The molecule has 0 saturated carbocycles. The largest absolute Gasteiger partial charge is 0.274 e. The summed E-state index contributed by atoms with van der Waals surface area (Å²) in [5, 5.41) is 0. The molecule has 2 aromatic rings. The van der Waals surface area contributed by atoms with Crippen LogP contribution in [0.25, 0.3) is 0 Å². The van der Waals surface area contributed by atoms with E-state index in [1.807, 2.05) is 38.2 Å². The zero-order chi connectivity index (χ0) is 16.2. The fourth-order valence-electron chi connectivity index (χ4n) is 3.17. The topological polar surface area (TPSA) is 34.4 Å². The molecular weight excluding hydrogens is 284 g/mol. The predicted molar refractivity (Wildman–Crippen MR) is 92.5 cm³/mol. The molecule has 1 aromatic carbocycles. The molecule has 0 radical (unpaired) electrons. The Morgan fingerprint density at radius 2 is 1.91 bits per heavy atom. The molecule has 3 heteroatoms. The van der Waals surface area contributed by atoms with Gasteiger partial charge in [-0.25, -0.2) is 0 Å². The maximum Gasteiger partial charge on any atom is 0.236 e. The molecule has 1 aliphatic rings. The molecule has 1 aromatic heterocycles. The molecule has 3 nitrogen and oxygen atoms in total. The molecule has 3 rings (SSSR count). The minimum Gasteiger partial charge on any atom is -0.274 e. The first-order valence-electron chi connectivity index (χ1n) is 8.49. The third-order valence-electron chi connectivity index (χ3n) is 4.27. The Morgan fingerprint density at radius 1 is 1.13 bits per heavy atom. The SMILES string of the molecule is CC(C)N=c1ccccn1C(=O)Cc1ccc2c(c1)CCCC2. The van der Waals surface area contributed by atoms with Gasteiger partial charge in [0.2, 0.25) is 5.91 Å². The van der Waals surface area contributed by atoms with E-state index in [1.54, 1.807) is 4.57 Å². The van der Waals surface area contributed by atoms with Crippen molar-refractivity contribution in [1.29, 1.82) is 0 Å². The molecule has 0 unspecified atom stereocenters. The second kappa shape index (κ2) is 6.95. The number of aryl methyl sites for hydroxylation is 2. The fourth-order valence-corrected chi connectivity index (χ4v) is 3.17. The van der Waals surface area contributed by atoms with Gasteiger partial charge in [0, 0.05) is 12.2 Å². The van der Waals surface area contributed by atoms with Crippen LogP contribution in [0.4, 0.5) is 0 Å². The van der Waals surface area contributed by atoms with Crippen LogP contribution in [0.2, 0.25) is 0 Å². The van der Waals surface area contributed by atoms with Crippen LogP contribution in [-0.4, -0.2) is 16.5 Å². The smallest absolute Gasteiger partial charge is 0.236 e. The Balaban J connectivity index is 1.85. The number of aromatic nitrogens is 1. The molecule has 0 spiro atoms. The quantitative estimate of drug-likeness (QED) is 0.853. The normalized spacial score (nSPS) is 14.8. The first-order chi connectivity index (χ1) is 11.1. The van der Waals surface area contributed by atoms with Crippen LogP contribution < -0.4 is 5.49 Å². The molecule has 0 bridgehead atoms. The molecule has 0 N–H and O–H groups in total. The Kier molecular flexibility index (Phi) is 4.75. The van der Waals surface area contributed by atoms with E-state index in [0.29, 0.717) is 6.42 Å². The van der Waals surface area contributed by atoms with E-state index in [2.05, 4.69) is 23.2 Å². The van der Waals surface area contributed by atoms with Crippen molar-refractivity contribution >= 4 is 5.91 Å². The summed E-state index contributed by atoms with van der Waals surface area (Å²) >= 11 is 0. The highest BCUT2D eigenvalue weighted by molar-refractivity contribution is 5.81. The summed E-state index contributed by atoms with van der Waals surface area (Å²) in [4.78, 5) is 17.2. The lowest BCUT2D eigenvalue weighted by atomic mass is 9.90. The molecular formula is C20H24N2O. The first kappa shape index (κ1) is 15.7. The van der Waals surface area contributed by atoms with E-state index >= 15 is 0 Å². The molecule has 1 heterocycles. The monoisotopic (exact) mass is 308 g/mol. The lowest BCUT2D eigenvalue weighted by Crippen LogP contribution is -2.28. The molecule has 120 valence electrons. The van der Waals surface area contributed by atoms with Crippen LogP contribution >= 0.6 is 0 Å². The number of carbonyl (C=O) groups is 1. The molecule has 0 atom stereocenters. The van der Waals surface area contributed by atoms with E-state index in [0.717, 1.165) is 17.5 Å². The van der Waals surface area contributed by atoms with E-state index in [9.17, 15) is 4.79 Å². The summed E-state index contributed by atoms with van der Waals surface area (Å²) in [7, 11) is 0. The van der Waals surface area contributed by atoms with Gasteiger partial charge in [0.25, 0.3) is 0 Å². The fraction of sp³-hybridized carbons (Fsp3) is 0.400. The van der Waals surface area contributed by atoms with Crippen molar-refractivity contribution < 1.29 is 4.79 Å². The second-order valence-corrected chi connectivity index (χ2v) is 6.53.